The van der Waals surface area contributed by atoms with Crippen molar-refractivity contribution in [1.29, 1.82) is 0 Å². The van der Waals surface area contributed by atoms with Gasteiger partial charge in [0.05, 0.1) is 18.8 Å². The number of halogens is 1. The Hall–Kier alpha value is -2.58. The fourth-order valence-electron chi connectivity index (χ4n) is 3.42. The van der Waals surface area contributed by atoms with Crippen LogP contribution in [0.15, 0.2) is 16.7 Å². The molecule has 0 saturated carbocycles. The second kappa shape index (κ2) is 9.07. The lowest BCUT2D eigenvalue weighted by atomic mass is 9.94. The molecule has 1 aliphatic rings. The van der Waals surface area contributed by atoms with Crippen molar-refractivity contribution in [3.63, 3.8) is 0 Å². The number of piperidine rings is 1. The summed E-state index contributed by atoms with van der Waals surface area (Å²) in [4.78, 5) is 33.7. The summed E-state index contributed by atoms with van der Waals surface area (Å²) >= 11 is 6.31. The minimum absolute atomic E-state index is 0.0178. The summed E-state index contributed by atoms with van der Waals surface area (Å²) in [6.07, 6.45) is 1.01. The molecule has 1 aromatic carbocycles. The third-order valence-electron chi connectivity index (χ3n) is 4.88. The Balaban J connectivity index is 0.000000878. The van der Waals surface area contributed by atoms with Gasteiger partial charge in [-0.3, -0.25) is 14.4 Å². The zero-order chi connectivity index (χ0) is 21.0. The molecule has 1 aromatic heterocycles. The highest BCUT2D eigenvalue weighted by molar-refractivity contribution is 6.33. The standard InChI is InChI=1S/C18H20ClNO5.CH2O2/c1-9-5-14-16(10(2)17(9)19)11(8-25-14)6-15(22)20-4-3-13(21)12(7-20)18(23)24;2-1-3/h5,8,12-13,21H,3-4,6-7H2,1-2H3,(H,23,24);1H,(H,2,3)/t12-,13+;/m1./s1. The molecule has 1 fully saturated rings. The molecule has 2 atom stereocenters. The Kier molecular flexibility index (Phi) is 7.04. The van der Waals surface area contributed by atoms with E-state index >= 15 is 0 Å². The van der Waals surface area contributed by atoms with Crippen LogP contribution < -0.4 is 0 Å². The molecule has 1 saturated heterocycles. The first-order chi connectivity index (χ1) is 13.2. The lowest BCUT2D eigenvalue weighted by Gasteiger charge is -2.34. The number of aliphatic hydroxyl groups excluding tert-OH is 1. The average Bonchev–Trinajstić information content (AvgIpc) is 3.03. The fourth-order valence-corrected chi connectivity index (χ4v) is 3.57. The predicted octanol–water partition coefficient (Wildman–Crippen LogP) is 2.24. The highest BCUT2D eigenvalue weighted by atomic mass is 35.5. The molecule has 3 rings (SSSR count). The highest BCUT2D eigenvalue weighted by Gasteiger charge is 2.35. The number of hydrogen-bond acceptors (Lipinski definition) is 5. The molecular formula is C19H22ClNO7. The van der Waals surface area contributed by atoms with Crippen LogP contribution in [0.3, 0.4) is 0 Å². The molecule has 0 unspecified atom stereocenters. The molecule has 0 bridgehead atoms. The van der Waals surface area contributed by atoms with Gasteiger partial charge in [0.1, 0.15) is 11.5 Å². The van der Waals surface area contributed by atoms with Crippen LogP contribution in [-0.4, -0.2) is 57.8 Å². The van der Waals surface area contributed by atoms with Gasteiger partial charge in [-0.25, -0.2) is 0 Å². The third kappa shape index (κ3) is 4.45. The van der Waals surface area contributed by atoms with Crippen LogP contribution in [0.4, 0.5) is 0 Å². The van der Waals surface area contributed by atoms with Gasteiger partial charge in [0.2, 0.25) is 5.91 Å². The van der Waals surface area contributed by atoms with E-state index in [1.54, 1.807) is 6.26 Å². The Morgan fingerprint density at radius 3 is 2.64 bits per heavy atom. The number of carboxylic acid groups (broad SMARTS) is 2. The Bertz CT molecular complexity index is 892. The van der Waals surface area contributed by atoms with Crippen molar-refractivity contribution < 1.29 is 34.1 Å². The van der Waals surface area contributed by atoms with Gasteiger partial charge in [0.25, 0.3) is 6.47 Å². The summed E-state index contributed by atoms with van der Waals surface area (Å²) in [5.74, 6) is -2.22. The van der Waals surface area contributed by atoms with E-state index in [-0.39, 0.29) is 31.8 Å². The van der Waals surface area contributed by atoms with E-state index in [9.17, 15) is 19.8 Å². The number of carboxylic acids is 1. The van der Waals surface area contributed by atoms with E-state index in [0.29, 0.717) is 17.2 Å². The maximum Gasteiger partial charge on any atom is 0.310 e. The number of benzene rings is 1. The molecule has 0 aliphatic carbocycles. The number of nitrogens with zero attached hydrogens (tertiary/aromatic N) is 1. The maximum absolute atomic E-state index is 12.6. The summed E-state index contributed by atoms with van der Waals surface area (Å²) in [5, 5.41) is 27.3. The average molecular weight is 412 g/mol. The first kappa shape index (κ1) is 21.7. The summed E-state index contributed by atoms with van der Waals surface area (Å²) < 4.78 is 5.57. The largest absolute Gasteiger partial charge is 0.483 e. The summed E-state index contributed by atoms with van der Waals surface area (Å²) in [5.41, 5.74) is 3.19. The Morgan fingerprint density at radius 2 is 2.04 bits per heavy atom. The van der Waals surface area contributed by atoms with E-state index in [0.717, 1.165) is 22.1 Å². The summed E-state index contributed by atoms with van der Waals surface area (Å²) in [6, 6.07) is 1.84. The quantitative estimate of drug-likeness (QED) is 0.660. The lowest BCUT2D eigenvalue weighted by molar-refractivity contribution is -0.151. The smallest absolute Gasteiger partial charge is 0.310 e. The Morgan fingerprint density at radius 1 is 1.39 bits per heavy atom. The van der Waals surface area contributed by atoms with Gasteiger partial charge < -0.3 is 24.6 Å². The fraction of sp³-hybridized carbons (Fsp3) is 0.421. The highest BCUT2D eigenvalue weighted by Crippen LogP contribution is 2.33. The molecule has 28 heavy (non-hydrogen) atoms. The number of likely N-dealkylation sites (tertiary alicyclic amines) is 1. The van der Waals surface area contributed by atoms with Crippen molar-refractivity contribution in [2.75, 3.05) is 13.1 Å². The molecule has 2 heterocycles. The first-order valence-corrected chi connectivity index (χ1v) is 9.01. The number of aryl methyl sites for hydroxylation is 2. The minimum atomic E-state index is -1.09. The van der Waals surface area contributed by atoms with Crippen molar-refractivity contribution in [1.82, 2.24) is 4.90 Å². The maximum atomic E-state index is 12.6. The van der Waals surface area contributed by atoms with Crippen molar-refractivity contribution >= 4 is 40.9 Å². The summed E-state index contributed by atoms with van der Waals surface area (Å²) in [6.45, 7) is 3.90. The van der Waals surface area contributed by atoms with Gasteiger partial charge in [-0.15, -0.1) is 0 Å². The number of aliphatic carboxylic acids is 1. The summed E-state index contributed by atoms with van der Waals surface area (Å²) in [7, 11) is 0. The minimum Gasteiger partial charge on any atom is -0.483 e. The molecule has 1 amide bonds. The normalized spacial score (nSPS) is 19.1. The van der Waals surface area contributed by atoms with E-state index in [1.165, 1.54) is 4.90 Å². The molecule has 0 radical (unpaired) electrons. The molecule has 2 aromatic rings. The van der Waals surface area contributed by atoms with E-state index in [2.05, 4.69) is 0 Å². The van der Waals surface area contributed by atoms with Crippen LogP contribution in [0, 0.1) is 19.8 Å². The molecule has 1 aliphatic heterocycles. The second-order valence-corrected chi connectivity index (χ2v) is 7.07. The number of amides is 1. The molecular weight excluding hydrogens is 390 g/mol. The van der Waals surface area contributed by atoms with E-state index < -0.39 is 18.0 Å². The topological polar surface area (TPSA) is 128 Å². The number of carbonyl (C=O) groups is 3. The number of fused-ring (bicyclic) bond motifs is 1. The van der Waals surface area contributed by atoms with Crippen molar-refractivity contribution in [2.24, 2.45) is 5.92 Å². The molecule has 3 N–H and O–H groups in total. The molecule has 0 spiro atoms. The van der Waals surface area contributed by atoms with Gasteiger partial charge in [0, 0.05) is 29.1 Å². The number of aliphatic hydroxyl groups is 1. The number of carbonyl (C=O) groups excluding carboxylic acids is 1. The second-order valence-electron chi connectivity index (χ2n) is 6.69. The Labute approximate surface area is 166 Å². The van der Waals surface area contributed by atoms with Crippen molar-refractivity contribution in [3.05, 3.63) is 34.0 Å². The molecule has 152 valence electrons. The molecule has 9 heteroatoms. The number of furan rings is 1. The van der Waals surface area contributed by atoms with Crippen LogP contribution in [0.5, 0.6) is 0 Å². The number of hydrogen-bond donors (Lipinski definition) is 3. The van der Waals surface area contributed by atoms with Gasteiger partial charge in [-0.2, -0.15) is 0 Å². The molecule has 8 nitrogen and oxygen atoms in total. The lowest BCUT2D eigenvalue weighted by Crippen LogP contribution is -2.49. The number of rotatable bonds is 3. The van der Waals surface area contributed by atoms with Crippen molar-refractivity contribution in [2.45, 2.75) is 32.8 Å². The SMILES string of the molecule is Cc1cc2occ(CC(=O)N3CC[C@H](O)[C@H](C(=O)O)C3)c2c(C)c1Cl.O=CO. The van der Waals surface area contributed by atoms with Gasteiger partial charge in [-0.1, -0.05) is 11.6 Å². The third-order valence-corrected chi connectivity index (χ3v) is 5.46. The van der Waals surface area contributed by atoms with Gasteiger partial charge in [-0.05, 0) is 37.5 Å². The van der Waals surface area contributed by atoms with Crippen LogP contribution in [-0.2, 0) is 20.8 Å². The zero-order valence-corrected chi connectivity index (χ0v) is 16.3. The first-order valence-electron chi connectivity index (χ1n) is 8.63. The van der Waals surface area contributed by atoms with Crippen molar-refractivity contribution in [3.8, 4) is 0 Å². The van der Waals surface area contributed by atoms with Gasteiger partial charge >= 0.3 is 5.97 Å². The van der Waals surface area contributed by atoms with Crippen LogP contribution in [0.2, 0.25) is 5.02 Å². The van der Waals surface area contributed by atoms with Crippen LogP contribution >= 0.6 is 11.6 Å². The van der Waals surface area contributed by atoms with E-state index in [1.807, 2.05) is 19.9 Å². The van der Waals surface area contributed by atoms with Gasteiger partial charge in [0.15, 0.2) is 0 Å². The van der Waals surface area contributed by atoms with E-state index in [4.69, 9.17) is 25.9 Å². The van der Waals surface area contributed by atoms with Crippen LogP contribution in [0.25, 0.3) is 11.0 Å². The van der Waals surface area contributed by atoms with Crippen LogP contribution in [0.1, 0.15) is 23.1 Å². The zero-order valence-electron chi connectivity index (χ0n) is 15.5. The monoisotopic (exact) mass is 411 g/mol. The predicted molar refractivity (Wildman–Crippen MR) is 101 cm³/mol.